The zero-order valence-electron chi connectivity index (χ0n) is 13.6. The second kappa shape index (κ2) is 6.90. The van der Waals surface area contributed by atoms with E-state index >= 15 is 0 Å². The third-order valence-electron chi connectivity index (χ3n) is 3.81. The Kier molecular flexibility index (Phi) is 5.41. The maximum Gasteiger partial charge on any atom is 0.241 e. The Morgan fingerprint density at radius 3 is 2.62 bits per heavy atom. The average Bonchev–Trinajstić information content (AvgIpc) is 2.94. The van der Waals surface area contributed by atoms with Gasteiger partial charge in [-0.05, 0) is 38.3 Å². The number of carbonyl (C=O) groups excluding carboxylic acids is 1. The highest BCUT2D eigenvalue weighted by Crippen LogP contribution is 2.33. The summed E-state index contributed by atoms with van der Waals surface area (Å²) in [4.78, 5) is 17.2. The molecule has 21 heavy (non-hydrogen) atoms. The Balaban J connectivity index is 2.24. The van der Waals surface area contributed by atoms with Crippen LogP contribution in [0.4, 0.5) is 0 Å². The minimum absolute atomic E-state index is 0.0231. The molecule has 1 aliphatic heterocycles. The maximum absolute atomic E-state index is 12.8. The second-order valence-electron chi connectivity index (χ2n) is 6.25. The molecular weight excluding hydrogens is 284 g/mol. The molecule has 1 N–H and O–H groups in total. The van der Waals surface area contributed by atoms with Crippen LogP contribution in [0, 0.1) is 12.8 Å². The first-order valence-electron chi connectivity index (χ1n) is 7.57. The van der Waals surface area contributed by atoms with E-state index in [2.05, 4.69) is 38.2 Å². The monoisotopic (exact) mass is 310 g/mol. The summed E-state index contributed by atoms with van der Waals surface area (Å²) in [5.74, 6) is 0.694. The first-order valence-corrected chi connectivity index (χ1v) is 8.39. The van der Waals surface area contributed by atoms with Crippen molar-refractivity contribution in [2.24, 2.45) is 5.92 Å². The van der Waals surface area contributed by atoms with Gasteiger partial charge in [0.15, 0.2) is 0 Å². The molecule has 2 heterocycles. The number of thiophene rings is 1. The SMILES string of the molecule is COCC(C)N1C(=O)C(CC(C)C)NC1c1ccc(C)s1. The minimum atomic E-state index is -0.0864. The van der Waals surface area contributed by atoms with Crippen molar-refractivity contribution in [2.45, 2.75) is 52.4 Å². The highest BCUT2D eigenvalue weighted by atomic mass is 32.1. The number of nitrogens with zero attached hydrogens (tertiary/aromatic N) is 1. The summed E-state index contributed by atoms with van der Waals surface area (Å²) >= 11 is 1.75. The van der Waals surface area contributed by atoms with Crippen LogP contribution in [0.2, 0.25) is 0 Å². The van der Waals surface area contributed by atoms with E-state index in [0.29, 0.717) is 12.5 Å². The standard InChI is InChI=1S/C16H26N2O2S/c1-10(2)8-13-16(19)18(11(3)9-20-5)15(17-13)14-7-6-12(4)21-14/h6-7,10-11,13,15,17H,8-9H2,1-5H3. The van der Waals surface area contributed by atoms with E-state index in [4.69, 9.17) is 4.74 Å². The number of rotatable bonds is 6. The van der Waals surface area contributed by atoms with Crippen LogP contribution in [0.25, 0.3) is 0 Å². The fourth-order valence-corrected chi connectivity index (χ4v) is 3.84. The van der Waals surface area contributed by atoms with Gasteiger partial charge in [-0.25, -0.2) is 0 Å². The van der Waals surface area contributed by atoms with E-state index in [1.807, 2.05) is 11.8 Å². The van der Waals surface area contributed by atoms with Crippen molar-refractivity contribution >= 4 is 17.2 Å². The number of ether oxygens (including phenoxy) is 1. The van der Waals surface area contributed by atoms with Gasteiger partial charge in [0.1, 0.15) is 6.17 Å². The van der Waals surface area contributed by atoms with E-state index in [9.17, 15) is 4.79 Å². The number of aryl methyl sites for hydroxylation is 1. The van der Waals surface area contributed by atoms with Crippen LogP contribution in [0.15, 0.2) is 12.1 Å². The molecule has 3 unspecified atom stereocenters. The van der Waals surface area contributed by atoms with Gasteiger partial charge in [-0.1, -0.05) is 13.8 Å². The van der Waals surface area contributed by atoms with Crippen molar-refractivity contribution < 1.29 is 9.53 Å². The lowest BCUT2D eigenvalue weighted by Gasteiger charge is -2.29. The van der Waals surface area contributed by atoms with Gasteiger partial charge < -0.3 is 9.64 Å². The molecule has 2 rings (SSSR count). The van der Waals surface area contributed by atoms with E-state index in [1.165, 1.54) is 9.75 Å². The van der Waals surface area contributed by atoms with Crippen LogP contribution in [0.5, 0.6) is 0 Å². The Morgan fingerprint density at radius 2 is 2.10 bits per heavy atom. The number of carbonyl (C=O) groups is 1. The van der Waals surface area contributed by atoms with Crippen LogP contribution < -0.4 is 5.32 Å². The summed E-state index contributed by atoms with van der Waals surface area (Å²) in [5, 5.41) is 3.52. The largest absolute Gasteiger partial charge is 0.383 e. The van der Waals surface area contributed by atoms with Crippen molar-refractivity contribution in [2.75, 3.05) is 13.7 Å². The minimum Gasteiger partial charge on any atom is -0.383 e. The molecule has 3 atom stereocenters. The average molecular weight is 310 g/mol. The third kappa shape index (κ3) is 3.65. The molecule has 1 aromatic heterocycles. The molecule has 1 saturated heterocycles. The summed E-state index contributed by atoms with van der Waals surface area (Å²) in [7, 11) is 1.68. The molecule has 0 aliphatic carbocycles. The quantitative estimate of drug-likeness (QED) is 0.878. The number of methoxy groups -OCH3 is 1. The van der Waals surface area contributed by atoms with Crippen molar-refractivity contribution in [1.29, 1.82) is 0 Å². The molecule has 118 valence electrons. The maximum atomic E-state index is 12.8. The van der Waals surface area contributed by atoms with Gasteiger partial charge >= 0.3 is 0 Å². The zero-order chi connectivity index (χ0) is 15.6. The molecule has 0 spiro atoms. The van der Waals surface area contributed by atoms with Crippen molar-refractivity contribution in [3.63, 3.8) is 0 Å². The Bertz CT molecular complexity index is 486. The van der Waals surface area contributed by atoms with Crippen LogP contribution in [0.1, 0.15) is 43.1 Å². The molecule has 1 aromatic rings. The van der Waals surface area contributed by atoms with Crippen molar-refractivity contribution in [3.05, 3.63) is 21.9 Å². The molecule has 1 aliphatic rings. The van der Waals surface area contributed by atoms with Crippen molar-refractivity contribution in [1.82, 2.24) is 10.2 Å². The Morgan fingerprint density at radius 1 is 1.38 bits per heavy atom. The molecule has 1 amide bonds. The van der Waals surface area contributed by atoms with E-state index < -0.39 is 0 Å². The summed E-state index contributed by atoms with van der Waals surface area (Å²) < 4.78 is 5.25. The lowest BCUT2D eigenvalue weighted by molar-refractivity contribution is -0.133. The molecule has 4 nitrogen and oxygen atoms in total. The molecule has 1 fully saturated rings. The Hall–Kier alpha value is -0.910. The predicted molar refractivity (Wildman–Crippen MR) is 86.4 cm³/mol. The van der Waals surface area contributed by atoms with Gasteiger partial charge in [-0.3, -0.25) is 10.1 Å². The smallest absolute Gasteiger partial charge is 0.241 e. The molecule has 0 aromatic carbocycles. The first kappa shape index (κ1) is 16.5. The van der Waals surface area contributed by atoms with Crippen LogP contribution in [-0.4, -0.2) is 36.6 Å². The van der Waals surface area contributed by atoms with E-state index in [1.54, 1.807) is 18.4 Å². The number of hydrogen-bond acceptors (Lipinski definition) is 4. The summed E-state index contributed by atoms with van der Waals surface area (Å²) in [6, 6.07) is 4.22. The zero-order valence-corrected chi connectivity index (χ0v) is 14.4. The highest BCUT2D eigenvalue weighted by Gasteiger charge is 2.42. The van der Waals surface area contributed by atoms with Crippen molar-refractivity contribution in [3.8, 4) is 0 Å². The van der Waals surface area contributed by atoms with Crippen LogP contribution in [0.3, 0.4) is 0 Å². The third-order valence-corrected chi connectivity index (χ3v) is 4.86. The number of amides is 1. The summed E-state index contributed by atoms with van der Waals surface area (Å²) in [6.45, 7) is 9.01. The van der Waals surface area contributed by atoms with Crippen LogP contribution in [-0.2, 0) is 9.53 Å². The van der Waals surface area contributed by atoms with Gasteiger partial charge in [-0.15, -0.1) is 11.3 Å². The van der Waals surface area contributed by atoms with Gasteiger partial charge in [0.05, 0.1) is 18.7 Å². The second-order valence-corrected chi connectivity index (χ2v) is 7.57. The normalized spacial score (nSPS) is 24.1. The Labute approximate surface area is 131 Å². The topological polar surface area (TPSA) is 41.6 Å². The first-order chi connectivity index (χ1) is 9.93. The van der Waals surface area contributed by atoms with Crippen LogP contribution >= 0.6 is 11.3 Å². The lowest BCUT2D eigenvalue weighted by Crippen LogP contribution is -2.40. The molecule has 5 heteroatoms. The lowest BCUT2D eigenvalue weighted by atomic mass is 10.0. The number of hydrogen-bond donors (Lipinski definition) is 1. The highest BCUT2D eigenvalue weighted by molar-refractivity contribution is 7.12. The predicted octanol–water partition coefficient (Wildman–Crippen LogP) is 2.94. The van der Waals surface area contributed by atoms with Gasteiger partial charge in [0, 0.05) is 16.9 Å². The fraction of sp³-hybridized carbons (Fsp3) is 0.688. The molecule has 0 saturated carbocycles. The number of nitrogens with one attached hydrogen (secondary N) is 1. The molecule has 0 radical (unpaired) electrons. The summed E-state index contributed by atoms with van der Waals surface area (Å²) in [5.41, 5.74) is 0. The van der Waals surface area contributed by atoms with Gasteiger partial charge in [-0.2, -0.15) is 0 Å². The van der Waals surface area contributed by atoms with Gasteiger partial charge in [0.25, 0.3) is 0 Å². The van der Waals surface area contributed by atoms with Gasteiger partial charge in [0.2, 0.25) is 5.91 Å². The van der Waals surface area contributed by atoms with E-state index in [-0.39, 0.29) is 24.2 Å². The summed E-state index contributed by atoms with van der Waals surface area (Å²) in [6.07, 6.45) is 0.848. The fourth-order valence-electron chi connectivity index (χ4n) is 2.90. The molecular formula is C16H26N2O2S. The van der Waals surface area contributed by atoms with E-state index in [0.717, 1.165) is 6.42 Å². The molecule has 0 bridgehead atoms.